The number of esters is 1. The number of rotatable bonds is 11. The highest BCUT2D eigenvalue weighted by atomic mass is 31.2. The molecule has 0 aromatic heterocycles. The van der Waals surface area contributed by atoms with Gasteiger partial charge in [-0.1, -0.05) is 38.1 Å². The minimum atomic E-state index is -3.13. The molecule has 0 radical (unpaired) electrons. The predicted octanol–water partition coefficient (Wildman–Crippen LogP) is 3.74. The minimum absolute atomic E-state index is 0.117. The monoisotopic (exact) mass is 371 g/mol. The lowest BCUT2D eigenvalue weighted by Gasteiger charge is -2.20. The third-order valence-corrected chi connectivity index (χ3v) is 5.72. The molecule has 0 fully saturated rings. The van der Waals surface area contributed by atoms with Crippen LogP contribution < -0.4 is 5.32 Å². The Balaban J connectivity index is 2.80. The van der Waals surface area contributed by atoms with E-state index in [1.807, 2.05) is 38.1 Å². The van der Waals surface area contributed by atoms with Crippen LogP contribution in [0.4, 0.5) is 0 Å². The lowest BCUT2D eigenvalue weighted by molar-refractivity contribution is -0.144. The Morgan fingerprint density at radius 1 is 1.16 bits per heavy atom. The zero-order valence-corrected chi connectivity index (χ0v) is 16.7. The molecular weight excluding hydrogens is 341 g/mol. The summed E-state index contributed by atoms with van der Waals surface area (Å²) in [6.45, 7) is 8.72. The largest absolute Gasteiger partial charge is 0.468 e. The summed E-state index contributed by atoms with van der Waals surface area (Å²) in [7, 11) is -1.74. The van der Waals surface area contributed by atoms with E-state index in [0.717, 1.165) is 11.1 Å². The van der Waals surface area contributed by atoms with Gasteiger partial charge in [-0.05, 0) is 30.9 Å². The van der Waals surface area contributed by atoms with Crippen molar-refractivity contribution in [3.05, 3.63) is 35.4 Å². The van der Waals surface area contributed by atoms with Gasteiger partial charge in [-0.15, -0.1) is 0 Å². The summed E-state index contributed by atoms with van der Waals surface area (Å²) >= 11 is 0. The zero-order valence-electron chi connectivity index (χ0n) is 15.8. The molecule has 6 nitrogen and oxygen atoms in total. The number of ether oxygens (including phenoxy) is 1. The maximum absolute atomic E-state index is 12.7. The van der Waals surface area contributed by atoms with Crippen LogP contribution in [0.1, 0.15) is 38.8 Å². The molecule has 0 heterocycles. The lowest BCUT2D eigenvalue weighted by Crippen LogP contribution is -2.41. The van der Waals surface area contributed by atoms with Gasteiger partial charge in [-0.25, -0.2) is 0 Å². The highest BCUT2D eigenvalue weighted by molar-refractivity contribution is 7.53. The van der Waals surface area contributed by atoms with Gasteiger partial charge in [0.2, 0.25) is 0 Å². The summed E-state index contributed by atoms with van der Waals surface area (Å²) in [5.41, 5.74) is 1.87. The van der Waals surface area contributed by atoms with E-state index in [1.54, 1.807) is 13.8 Å². The number of methoxy groups -OCH3 is 1. The van der Waals surface area contributed by atoms with Gasteiger partial charge in [-0.3, -0.25) is 9.36 Å². The molecule has 25 heavy (non-hydrogen) atoms. The van der Waals surface area contributed by atoms with Crippen LogP contribution in [0.15, 0.2) is 24.3 Å². The van der Waals surface area contributed by atoms with E-state index in [4.69, 9.17) is 13.8 Å². The predicted molar refractivity (Wildman–Crippen MR) is 98.5 cm³/mol. The first-order valence-corrected chi connectivity index (χ1v) is 10.3. The van der Waals surface area contributed by atoms with Crippen molar-refractivity contribution in [1.29, 1.82) is 0 Å². The van der Waals surface area contributed by atoms with E-state index in [-0.39, 0.29) is 24.1 Å². The van der Waals surface area contributed by atoms with Crippen LogP contribution in [0.2, 0.25) is 0 Å². The second kappa shape index (κ2) is 10.7. The van der Waals surface area contributed by atoms with E-state index in [9.17, 15) is 9.36 Å². The van der Waals surface area contributed by atoms with Gasteiger partial charge in [-0.2, -0.15) is 0 Å². The molecule has 1 rings (SSSR count). The van der Waals surface area contributed by atoms with Gasteiger partial charge in [0.05, 0.1) is 26.5 Å². The second-order valence-corrected chi connectivity index (χ2v) is 8.10. The third kappa shape index (κ3) is 7.28. The maximum atomic E-state index is 12.7. The van der Waals surface area contributed by atoms with Crippen LogP contribution >= 0.6 is 7.60 Å². The summed E-state index contributed by atoms with van der Waals surface area (Å²) in [4.78, 5) is 11.8. The fraction of sp³-hybridized carbons (Fsp3) is 0.611. The highest BCUT2D eigenvalue weighted by Crippen LogP contribution is 2.51. The van der Waals surface area contributed by atoms with Crippen molar-refractivity contribution in [2.24, 2.45) is 5.92 Å². The minimum Gasteiger partial charge on any atom is -0.468 e. The quantitative estimate of drug-likeness (QED) is 0.472. The molecule has 0 saturated heterocycles. The molecule has 0 aliphatic rings. The van der Waals surface area contributed by atoms with E-state index in [1.165, 1.54) is 7.11 Å². The summed E-state index contributed by atoms with van der Waals surface area (Å²) in [5.74, 6) is -0.157. The van der Waals surface area contributed by atoms with Crippen LogP contribution in [0, 0.1) is 5.92 Å². The smallest absolute Gasteiger partial charge is 0.335 e. The Bertz CT molecular complexity index is 581. The Morgan fingerprint density at radius 2 is 1.76 bits per heavy atom. The summed E-state index contributed by atoms with van der Waals surface area (Å²) in [6.07, 6.45) is 0.229. The molecule has 1 aromatic carbocycles. The van der Waals surface area contributed by atoms with Crippen LogP contribution in [-0.2, 0) is 35.9 Å². The summed E-state index contributed by atoms with van der Waals surface area (Å²) < 4.78 is 28.2. The molecule has 0 amide bonds. The molecule has 0 spiro atoms. The highest BCUT2D eigenvalue weighted by Gasteiger charge is 2.25. The van der Waals surface area contributed by atoms with Gasteiger partial charge in [0.15, 0.2) is 0 Å². The molecule has 1 atom stereocenters. The van der Waals surface area contributed by atoms with E-state index in [0.29, 0.717) is 19.8 Å². The standard InChI is InChI=1S/C18H30NO5P/c1-6-23-25(21,24-7-2)13-16-10-8-9-15(11-16)12-19-17(14(3)4)18(20)22-5/h8-11,14,17,19H,6-7,12-13H2,1-5H3/t17-/m0/s1. The normalized spacial score (nSPS) is 13.0. The molecular formula is C18H30NO5P. The van der Waals surface area contributed by atoms with E-state index in [2.05, 4.69) is 5.32 Å². The average Bonchev–Trinajstić information content (AvgIpc) is 2.55. The molecule has 142 valence electrons. The van der Waals surface area contributed by atoms with Crippen molar-refractivity contribution in [1.82, 2.24) is 5.32 Å². The first kappa shape index (κ1) is 21.8. The van der Waals surface area contributed by atoms with Crippen molar-refractivity contribution in [2.45, 2.75) is 46.4 Å². The Morgan fingerprint density at radius 3 is 2.28 bits per heavy atom. The molecule has 0 aliphatic carbocycles. The van der Waals surface area contributed by atoms with Crippen molar-refractivity contribution >= 4 is 13.6 Å². The fourth-order valence-electron chi connectivity index (χ4n) is 2.53. The number of hydrogen-bond acceptors (Lipinski definition) is 6. The topological polar surface area (TPSA) is 73.9 Å². The number of carbonyl (C=O) groups is 1. The number of nitrogens with one attached hydrogen (secondary N) is 1. The zero-order chi connectivity index (χ0) is 18.9. The van der Waals surface area contributed by atoms with E-state index >= 15 is 0 Å². The molecule has 0 saturated carbocycles. The SMILES string of the molecule is CCOP(=O)(Cc1cccc(CN[C@H](C(=O)OC)C(C)C)c1)OCC. The molecule has 0 bridgehead atoms. The van der Waals surface area contributed by atoms with Crippen LogP contribution in [0.3, 0.4) is 0 Å². The number of hydrogen-bond donors (Lipinski definition) is 1. The van der Waals surface area contributed by atoms with Gasteiger partial charge in [0, 0.05) is 6.54 Å². The van der Waals surface area contributed by atoms with Crippen LogP contribution in [0.25, 0.3) is 0 Å². The molecule has 7 heteroatoms. The first-order chi connectivity index (χ1) is 11.8. The van der Waals surface area contributed by atoms with Gasteiger partial charge in [0.1, 0.15) is 6.04 Å². The molecule has 1 N–H and O–H groups in total. The van der Waals surface area contributed by atoms with Gasteiger partial charge in [0.25, 0.3) is 0 Å². The number of carbonyl (C=O) groups excluding carboxylic acids is 1. The van der Waals surface area contributed by atoms with Crippen LogP contribution in [0.5, 0.6) is 0 Å². The summed E-state index contributed by atoms with van der Waals surface area (Å²) in [6, 6.07) is 7.33. The molecule has 0 aliphatic heterocycles. The van der Waals surface area contributed by atoms with Crippen molar-refractivity contribution in [3.63, 3.8) is 0 Å². The molecule has 1 aromatic rings. The van der Waals surface area contributed by atoms with Crippen LogP contribution in [-0.4, -0.2) is 32.3 Å². The Kier molecular flexibility index (Phi) is 9.36. The first-order valence-electron chi connectivity index (χ1n) is 8.62. The van der Waals surface area contributed by atoms with Crippen molar-refractivity contribution in [3.8, 4) is 0 Å². The van der Waals surface area contributed by atoms with Crippen molar-refractivity contribution in [2.75, 3.05) is 20.3 Å². The Labute approximate surface area is 150 Å². The third-order valence-electron chi connectivity index (χ3n) is 3.67. The lowest BCUT2D eigenvalue weighted by atomic mass is 10.0. The number of benzene rings is 1. The summed E-state index contributed by atoms with van der Waals surface area (Å²) in [5, 5.41) is 3.22. The average molecular weight is 371 g/mol. The second-order valence-electron chi connectivity index (χ2n) is 6.05. The van der Waals surface area contributed by atoms with Crippen molar-refractivity contribution < 1.29 is 23.1 Å². The molecule has 0 unspecified atom stereocenters. The Hall–Kier alpha value is -1.20. The fourth-order valence-corrected chi connectivity index (χ4v) is 4.22. The van der Waals surface area contributed by atoms with Gasteiger partial charge >= 0.3 is 13.6 Å². The van der Waals surface area contributed by atoms with Gasteiger partial charge < -0.3 is 19.1 Å². The maximum Gasteiger partial charge on any atom is 0.335 e. The van der Waals surface area contributed by atoms with E-state index < -0.39 is 7.60 Å².